The highest BCUT2D eigenvalue weighted by molar-refractivity contribution is 4.34. The van der Waals surface area contributed by atoms with Crippen molar-refractivity contribution < 1.29 is 10.8 Å². The van der Waals surface area contributed by atoms with Gasteiger partial charge in [0.1, 0.15) is 0 Å². The third-order valence-corrected chi connectivity index (χ3v) is 0.908. The molecule has 0 aromatic heterocycles. The molecule has 0 aliphatic rings. The van der Waals surface area contributed by atoms with Crippen molar-refractivity contribution in [1.29, 1.82) is 0 Å². The van der Waals surface area contributed by atoms with Crippen molar-refractivity contribution in [3.63, 3.8) is 0 Å². The molecule has 4 N–H and O–H groups in total. The molecule has 44 valence electrons. The molecule has 0 fully saturated rings. The van der Waals surface area contributed by atoms with Gasteiger partial charge in [0.05, 0.1) is 6.54 Å². The monoisotopic (exact) mass is 104 g/mol. The van der Waals surface area contributed by atoms with E-state index in [1.54, 1.807) is 0 Å². The molecular weight excluding hydrogens is 90.1 g/mol. The lowest BCUT2D eigenvalue weighted by Crippen LogP contribution is -2.50. The molecule has 0 radical (unpaired) electrons. The van der Waals surface area contributed by atoms with Crippen molar-refractivity contribution in [3.05, 3.63) is 0 Å². The smallest absolute Gasteiger partial charge is 0.0739 e. The van der Waals surface area contributed by atoms with E-state index < -0.39 is 0 Å². The van der Waals surface area contributed by atoms with Gasteiger partial charge in [-0.05, 0) is 19.3 Å². The number of hydrogen-bond donors (Lipinski definition) is 2. The summed E-state index contributed by atoms with van der Waals surface area (Å²) in [6.07, 6.45) is 3.22. The van der Waals surface area contributed by atoms with E-state index in [1.165, 1.54) is 0 Å². The molecule has 0 aliphatic heterocycles. The van der Waals surface area contributed by atoms with E-state index in [9.17, 15) is 0 Å². The summed E-state index contributed by atoms with van der Waals surface area (Å²) in [5, 5.41) is 8.27. The van der Waals surface area contributed by atoms with Crippen LogP contribution in [0.1, 0.15) is 19.3 Å². The zero-order valence-corrected chi connectivity index (χ0v) is 4.69. The fourth-order valence-electron chi connectivity index (χ4n) is 0.465. The van der Waals surface area contributed by atoms with Gasteiger partial charge in [0.15, 0.2) is 0 Å². The minimum absolute atomic E-state index is 0.333. The lowest BCUT2D eigenvalue weighted by molar-refractivity contribution is -0.368. The molecule has 7 heavy (non-hydrogen) atoms. The Morgan fingerprint density at radius 1 is 1.14 bits per heavy atom. The average molecular weight is 104 g/mol. The van der Waals surface area contributed by atoms with Gasteiger partial charge in [0.2, 0.25) is 0 Å². The summed E-state index contributed by atoms with van der Waals surface area (Å²) in [4.78, 5) is 0. The Morgan fingerprint density at radius 2 is 1.86 bits per heavy atom. The van der Waals surface area contributed by atoms with Crippen molar-refractivity contribution in [2.75, 3.05) is 13.2 Å². The topological polar surface area (TPSA) is 47.9 Å². The van der Waals surface area contributed by atoms with Gasteiger partial charge in [0.25, 0.3) is 0 Å². The van der Waals surface area contributed by atoms with Crippen LogP contribution in [0.25, 0.3) is 0 Å². The van der Waals surface area contributed by atoms with E-state index in [2.05, 4.69) is 5.73 Å². The van der Waals surface area contributed by atoms with Crippen LogP contribution in [-0.2, 0) is 0 Å². The zero-order valence-electron chi connectivity index (χ0n) is 4.69. The van der Waals surface area contributed by atoms with E-state index in [0.29, 0.717) is 6.61 Å². The molecule has 0 atom stereocenters. The van der Waals surface area contributed by atoms with Gasteiger partial charge in [-0.2, -0.15) is 0 Å². The van der Waals surface area contributed by atoms with E-state index in [0.717, 1.165) is 25.8 Å². The van der Waals surface area contributed by atoms with Crippen molar-refractivity contribution in [3.8, 4) is 0 Å². The van der Waals surface area contributed by atoms with Gasteiger partial charge >= 0.3 is 0 Å². The quantitative estimate of drug-likeness (QED) is 0.459. The second-order valence-electron chi connectivity index (χ2n) is 1.64. The minimum atomic E-state index is 0.333. The summed E-state index contributed by atoms with van der Waals surface area (Å²) >= 11 is 0. The fourth-order valence-corrected chi connectivity index (χ4v) is 0.465. The molecule has 0 saturated heterocycles. The predicted octanol–water partition coefficient (Wildman–Crippen LogP) is -0.609. The third-order valence-electron chi connectivity index (χ3n) is 0.908. The van der Waals surface area contributed by atoms with Crippen LogP contribution in [0.5, 0.6) is 0 Å². The highest BCUT2D eigenvalue weighted by Gasteiger charge is 1.82. The summed E-state index contributed by atoms with van der Waals surface area (Å²) in [6, 6.07) is 0. The molecule has 0 aromatic carbocycles. The van der Waals surface area contributed by atoms with Gasteiger partial charge in [-0.15, -0.1) is 0 Å². The van der Waals surface area contributed by atoms with Crippen LogP contribution in [0.15, 0.2) is 0 Å². The minimum Gasteiger partial charge on any atom is -0.396 e. The molecule has 0 amide bonds. The molecule has 0 bridgehead atoms. The van der Waals surface area contributed by atoms with E-state index in [4.69, 9.17) is 5.11 Å². The van der Waals surface area contributed by atoms with Crippen molar-refractivity contribution in [2.24, 2.45) is 0 Å². The Kier molecular flexibility index (Phi) is 5.85. The molecule has 0 unspecified atom stereocenters. The Bertz CT molecular complexity index is 27.3. The van der Waals surface area contributed by atoms with Gasteiger partial charge in [-0.3, -0.25) is 0 Å². The van der Waals surface area contributed by atoms with Gasteiger partial charge in [0, 0.05) is 6.61 Å². The van der Waals surface area contributed by atoms with Gasteiger partial charge < -0.3 is 10.8 Å². The highest BCUT2D eigenvalue weighted by atomic mass is 16.2. The molecule has 0 heterocycles. The van der Waals surface area contributed by atoms with Crippen LogP contribution in [0.3, 0.4) is 0 Å². The summed E-state index contributed by atoms with van der Waals surface area (Å²) in [6.45, 7) is 1.33. The van der Waals surface area contributed by atoms with Crippen LogP contribution in [0.2, 0.25) is 0 Å². The largest absolute Gasteiger partial charge is 0.396 e. The molecular formula is C5H14NO+. The Morgan fingerprint density at radius 3 is 2.29 bits per heavy atom. The second-order valence-corrected chi connectivity index (χ2v) is 1.64. The maximum absolute atomic E-state index is 8.27. The molecule has 0 aromatic rings. The first-order chi connectivity index (χ1) is 3.41. The van der Waals surface area contributed by atoms with Crippen molar-refractivity contribution in [1.82, 2.24) is 0 Å². The first kappa shape index (κ1) is 6.92. The zero-order chi connectivity index (χ0) is 5.54. The number of unbranched alkanes of at least 4 members (excludes halogenated alkanes) is 2. The maximum Gasteiger partial charge on any atom is 0.0739 e. The lowest BCUT2D eigenvalue weighted by atomic mass is 10.2. The van der Waals surface area contributed by atoms with Crippen LogP contribution in [0.4, 0.5) is 0 Å². The number of rotatable bonds is 4. The molecule has 2 heteroatoms. The van der Waals surface area contributed by atoms with Crippen molar-refractivity contribution in [2.45, 2.75) is 19.3 Å². The van der Waals surface area contributed by atoms with E-state index in [-0.39, 0.29) is 0 Å². The van der Waals surface area contributed by atoms with E-state index in [1.807, 2.05) is 0 Å². The summed E-state index contributed by atoms with van der Waals surface area (Å²) in [5.74, 6) is 0. The highest BCUT2D eigenvalue weighted by Crippen LogP contribution is 1.88. The lowest BCUT2D eigenvalue weighted by Gasteiger charge is -1.88. The SMILES string of the molecule is [NH3+]CCCCCO. The molecule has 0 saturated carbocycles. The standard InChI is InChI=1S/C5H13NO/c6-4-2-1-3-5-7/h7H,1-6H2/p+1. The summed E-state index contributed by atoms with van der Waals surface area (Å²) in [5.41, 5.74) is 3.68. The van der Waals surface area contributed by atoms with E-state index >= 15 is 0 Å². The van der Waals surface area contributed by atoms with Crippen LogP contribution >= 0.6 is 0 Å². The number of aliphatic hydroxyl groups is 1. The molecule has 0 spiro atoms. The third kappa shape index (κ3) is 5.92. The first-order valence-electron chi connectivity index (χ1n) is 2.82. The average Bonchev–Trinajstić information content (AvgIpc) is 1.69. The fraction of sp³-hybridized carbons (Fsp3) is 1.00. The summed E-state index contributed by atoms with van der Waals surface area (Å²) < 4.78 is 0. The predicted molar refractivity (Wildman–Crippen MR) is 28.7 cm³/mol. The summed E-state index contributed by atoms with van der Waals surface area (Å²) in [7, 11) is 0. The first-order valence-corrected chi connectivity index (χ1v) is 2.82. The molecule has 0 rings (SSSR count). The normalized spacial score (nSPS) is 9.43. The van der Waals surface area contributed by atoms with Crippen LogP contribution < -0.4 is 5.73 Å². The van der Waals surface area contributed by atoms with Crippen LogP contribution in [-0.4, -0.2) is 18.3 Å². The Hall–Kier alpha value is -0.0800. The van der Waals surface area contributed by atoms with Crippen LogP contribution in [0, 0.1) is 0 Å². The molecule has 0 aliphatic carbocycles. The van der Waals surface area contributed by atoms with Gasteiger partial charge in [-0.25, -0.2) is 0 Å². The number of aliphatic hydroxyl groups excluding tert-OH is 1. The number of hydrogen-bond acceptors (Lipinski definition) is 1. The second kappa shape index (κ2) is 5.92. The number of quaternary nitrogens is 1. The Balaban J connectivity index is 2.45. The van der Waals surface area contributed by atoms with Gasteiger partial charge in [-0.1, -0.05) is 0 Å². The maximum atomic E-state index is 8.27. The van der Waals surface area contributed by atoms with Crippen molar-refractivity contribution >= 4 is 0 Å². The Labute approximate surface area is 44.3 Å². The molecule has 2 nitrogen and oxygen atoms in total.